The lowest BCUT2D eigenvalue weighted by Crippen LogP contribution is -2.15. The molecule has 0 spiro atoms. The van der Waals surface area contributed by atoms with Crippen LogP contribution in [0.15, 0.2) is 5.38 Å². The van der Waals surface area contributed by atoms with E-state index in [0.717, 1.165) is 17.5 Å². The van der Waals surface area contributed by atoms with Crippen molar-refractivity contribution in [2.75, 3.05) is 12.4 Å². The number of carbonyl (C=O) groups is 1. The van der Waals surface area contributed by atoms with E-state index in [-0.39, 0.29) is 5.97 Å². The fourth-order valence-electron chi connectivity index (χ4n) is 1.65. The van der Waals surface area contributed by atoms with E-state index in [9.17, 15) is 4.79 Å². The summed E-state index contributed by atoms with van der Waals surface area (Å²) in [5.74, 6) is 0.370. The van der Waals surface area contributed by atoms with Crippen LogP contribution in [-0.2, 0) is 4.74 Å². The van der Waals surface area contributed by atoms with Gasteiger partial charge in [0.1, 0.15) is 0 Å². The number of aromatic nitrogens is 1. The normalized spacial score (nSPS) is 12.5. The van der Waals surface area contributed by atoms with Gasteiger partial charge in [-0.2, -0.15) is 0 Å². The Hall–Kier alpha value is -1.10. The molecular weight excluding hydrogens is 248 g/mol. The second-order valence-corrected chi connectivity index (χ2v) is 5.76. The van der Waals surface area contributed by atoms with Gasteiger partial charge >= 0.3 is 5.97 Å². The topological polar surface area (TPSA) is 51.2 Å². The number of esters is 1. The molecule has 102 valence electrons. The molecule has 0 radical (unpaired) electrons. The Kier molecular flexibility index (Phi) is 6.12. The molecule has 1 aromatic rings. The molecule has 1 aromatic heterocycles. The number of rotatable bonds is 7. The lowest BCUT2D eigenvalue weighted by atomic mass is 10.0. The molecule has 1 heterocycles. The fraction of sp³-hybridized carbons (Fsp3) is 0.692. The summed E-state index contributed by atoms with van der Waals surface area (Å²) in [6.45, 7) is 6.61. The highest BCUT2D eigenvalue weighted by Gasteiger charge is 2.12. The number of methoxy groups -OCH3 is 1. The maximum absolute atomic E-state index is 11.3. The van der Waals surface area contributed by atoms with Gasteiger partial charge in [-0.3, -0.25) is 0 Å². The van der Waals surface area contributed by atoms with Crippen molar-refractivity contribution in [3.05, 3.63) is 11.1 Å². The molecule has 0 aliphatic rings. The van der Waals surface area contributed by atoms with Crippen LogP contribution in [0, 0.1) is 5.92 Å². The van der Waals surface area contributed by atoms with Gasteiger partial charge in [-0.15, -0.1) is 11.3 Å². The molecule has 1 atom stereocenters. The van der Waals surface area contributed by atoms with E-state index in [2.05, 4.69) is 35.8 Å². The zero-order chi connectivity index (χ0) is 13.5. The molecule has 0 aliphatic heterocycles. The van der Waals surface area contributed by atoms with E-state index >= 15 is 0 Å². The number of thiazole rings is 1. The van der Waals surface area contributed by atoms with Gasteiger partial charge in [0, 0.05) is 11.4 Å². The number of nitrogens with zero attached hydrogens (tertiary/aromatic N) is 1. The summed E-state index contributed by atoms with van der Waals surface area (Å²) in [5, 5.41) is 5.82. The number of nitrogens with one attached hydrogen (secondary N) is 1. The van der Waals surface area contributed by atoms with Crippen LogP contribution in [0.3, 0.4) is 0 Å². The molecule has 1 rings (SSSR count). The predicted molar refractivity (Wildman–Crippen MR) is 75.2 cm³/mol. The van der Waals surface area contributed by atoms with Crippen LogP contribution in [0.5, 0.6) is 0 Å². The van der Waals surface area contributed by atoms with Gasteiger partial charge in [0.2, 0.25) is 0 Å². The van der Waals surface area contributed by atoms with Crippen LogP contribution < -0.4 is 5.32 Å². The molecule has 1 N–H and O–H groups in total. The predicted octanol–water partition coefficient (Wildman–Crippen LogP) is 3.56. The van der Waals surface area contributed by atoms with Crippen molar-refractivity contribution in [1.82, 2.24) is 4.98 Å². The standard InChI is InChI=1S/C13H22N2O2S/c1-9(2)6-5-7-10(3)14-13-15-11(8-18-13)12(16)17-4/h8-10H,5-7H2,1-4H3,(H,14,15). The van der Waals surface area contributed by atoms with Crippen molar-refractivity contribution in [3.8, 4) is 0 Å². The van der Waals surface area contributed by atoms with Gasteiger partial charge < -0.3 is 10.1 Å². The van der Waals surface area contributed by atoms with Crippen LogP contribution in [0.4, 0.5) is 5.13 Å². The molecule has 0 amide bonds. The maximum Gasteiger partial charge on any atom is 0.357 e. The van der Waals surface area contributed by atoms with Gasteiger partial charge in [0.05, 0.1) is 7.11 Å². The Morgan fingerprint density at radius 3 is 2.78 bits per heavy atom. The molecule has 0 aromatic carbocycles. The molecule has 0 saturated carbocycles. The van der Waals surface area contributed by atoms with Crippen LogP contribution in [0.1, 0.15) is 50.5 Å². The van der Waals surface area contributed by atoms with Crippen molar-refractivity contribution in [3.63, 3.8) is 0 Å². The van der Waals surface area contributed by atoms with Gasteiger partial charge in [0.25, 0.3) is 0 Å². The zero-order valence-corrected chi connectivity index (χ0v) is 12.3. The number of anilines is 1. The summed E-state index contributed by atoms with van der Waals surface area (Å²) in [6, 6.07) is 0.375. The van der Waals surface area contributed by atoms with Crippen LogP contribution in [-0.4, -0.2) is 24.1 Å². The van der Waals surface area contributed by atoms with Crippen molar-refractivity contribution in [1.29, 1.82) is 0 Å². The van der Waals surface area contributed by atoms with Crippen molar-refractivity contribution < 1.29 is 9.53 Å². The minimum Gasteiger partial charge on any atom is -0.464 e. The lowest BCUT2D eigenvalue weighted by molar-refractivity contribution is 0.0595. The van der Waals surface area contributed by atoms with Crippen molar-refractivity contribution in [2.24, 2.45) is 5.92 Å². The highest BCUT2D eigenvalue weighted by molar-refractivity contribution is 7.13. The molecule has 1 unspecified atom stereocenters. The third-order valence-corrected chi connectivity index (χ3v) is 3.46. The zero-order valence-electron chi connectivity index (χ0n) is 11.5. The Morgan fingerprint density at radius 1 is 1.44 bits per heavy atom. The second kappa shape index (κ2) is 7.36. The second-order valence-electron chi connectivity index (χ2n) is 4.90. The first-order chi connectivity index (χ1) is 8.52. The Balaban J connectivity index is 2.37. The largest absolute Gasteiger partial charge is 0.464 e. The number of hydrogen-bond donors (Lipinski definition) is 1. The summed E-state index contributed by atoms with van der Waals surface area (Å²) in [6.07, 6.45) is 3.57. The number of hydrogen-bond acceptors (Lipinski definition) is 5. The Bertz CT molecular complexity index is 377. The number of carbonyl (C=O) groups excluding carboxylic acids is 1. The first-order valence-corrected chi connectivity index (χ1v) is 7.21. The van der Waals surface area contributed by atoms with Crippen molar-refractivity contribution in [2.45, 2.75) is 46.1 Å². The van der Waals surface area contributed by atoms with Crippen molar-refractivity contribution >= 4 is 22.4 Å². The highest BCUT2D eigenvalue weighted by atomic mass is 32.1. The fourth-order valence-corrected chi connectivity index (χ4v) is 2.45. The van der Waals surface area contributed by atoms with Gasteiger partial charge in [-0.25, -0.2) is 9.78 Å². The van der Waals surface area contributed by atoms with E-state index < -0.39 is 0 Å². The molecule has 18 heavy (non-hydrogen) atoms. The first-order valence-electron chi connectivity index (χ1n) is 6.33. The minimum absolute atomic E-state index is 0.374. The monoisotopic (exact) mass is 270 g/mol. The maximum atomic E-state index is 11.3. The summed E-state index contributed by atoms with van der Waals surface area (Å²) in [7, 11) is 1.36. The molecule has 0 saturated heterocycles. The molecule has 0 bridgehead atoms. The van der Waals surface area contributed by atoms with Crippen LogP contribution in [0.2, 0.25) is 0 Å². The summed E-state index contributed by atoms with van der Waals surface area (Å²) >= 11 is 1.44. The average Bonchev–Trinajstić information content (AvgIpc) is 2.76. The van der Waals surface area contributed by atoms with E-state index in [1.54, 1.807) is 5.38 Å². The highest BCUT2D eigenvalue weighted by Crippen LogP contribution is 2.18. The third kappa shape index (κ3) is 5.04. The van der Waals surface area contributed by atoms with E-state index in [1.807, 2.05) is 0 Å². The summed E-state index contributed by atoms with van der Waals surface area (Å²) in [5.41, 5.74) is 0.374. The quantitative estimate of drug-likeness (QED) is 0.770. The SMILES string of the molecule is COC(=O)c1csc(NC(C)CCCC(C)C)n1. The Labute approximate surface area is 113 Å². The van der Waals surface area contributed by atoms with Gasteiger partial charge in [0.15, 0.2) is 10.8 Å². The summed E-state index contributed by atoms with van der Waals surface area (Å²) in [4.78, 5) is 15.5. The molecule has 0 fully saturated rings. The summed E-state index contributed by atoms with van der Waals surface area (Å²) < 4.78 is 4.62. The van der Waals surface area contributed by atoms with Crippen LogP contribution in [0.25, 0.3) is 0 Å². The van der Waals surface area contributed by atoms with Gasteiger partial charge in [-0.1, -0.05) is 26.7 Å². The van der Waals surface area contributed by atoms with Gasteiger partial charge in [-0.05, 0) is 19.3 Å². The van der Waals surface area contributed by atoms with E-state index in [4.69, 9.17) is 0 Å². The lowest BCUT2D eigenvalue weighted by Gasteiger charge is -2.13. The molecule has 5 heteroatoms. The number of ether oxygens (including phenoxy) is 1. The smallest absolute Gasteiger partial charge is 0.357 e. The average molecular weight is 270 g/mol. The molecular formula is C13H22N2O2S. The molecule has 4 nitrogen and oxygen atoms in total. The molecule has 0 aliphatic carbocycles. The van der Waals surface area contributed by atoms with E-state index in [1.165, 1.54) is 31.3 Å². The third-order valence-electron chi connectivity index (χ3n) is 2.69. The Morgan fingerprint density at radius 2 is 2.17 bits per heavy atom. The van der Waals surface area contributed by atoms with Crippen LogP contribution >= 0.6 is 11.3 Å². The minimum atomic E-state index is -0.383. The first kappa shape index (κ1) is 15.0. The van der Waals surface area contributed by atoms with E-state index in [0.29, 0.717) is 11.7 Å².